The molecule has 0 bridgehead atoms. The molecule has 0 fully saturated rings. The van der Waals surface area contributed by atoms with Crippen molar-refractivity contribution in [2.75, 3.05) is 0 Å². The van der Waals surface area contributed by atoms with Crippen LogP contribution in [0.4, 0.5) is 5.69 Å². The molecule has 222 valence electrons. The third-order valence-corrected chi connectivity index (χ3v) is 10.6. The first-order chi connectivity index (χ1) is 23.7. The third-order valence-electron chi connectivity index (χ3n) is 9.41. The smallest absolute Gasteiger partial charge is 0.235 e. The van der Waals surface area contributed by atoms with Gasteiger partial charge in [-0.2, -0.15) is 0 Å². The molecule has 48 heavy (non-hydrogen) atoms. The van der Waals surface area contributed by atoms with Gasteiger partial charge in [-0.1, -0.05) is 109 Å². The number of benzene rings is 7. The average Bonchev–Trinajstić information content (AvgIpc) is 3.69. The molecule has 3 aromatic heterocycles. The SMILES string of the molecule is [C-]#[N+]c1ccc(-c2nc(-n3c4ccccc4c4cc5ccccc5cc43)nc3ccc(-c4cccc5c4sc4ccccc45)cc23)cc1. The molecule has 0 aliphatic carbocycles. The van der Waals surface area contributed by atoms with Crippen LogP contribution in [0.3, 0.4) is 0 Å². The predicted octanol–water partition coefficient (Wildman–Crippen LogP) is 12.1. The molecule has 0 saturated carbocycles. The molecule has 4 nitrogen and oxygen atoms in total. The van der Waals surface area contributed by atoms with Crippen molar-refractivity contribution in [1.29, 1.82) is 0 Å². The number of fused-ring (bicyclic) bond motifs is 8. The van der Waals surface area contributed by atoms with Gasteiger partial charge in [0, 0.05) is 36.3 Å². The molecule has 0 unspecified atom stereocenters. The summed E-state index contributed by atoms with van der Waals surface area (Å²) in [5, 5.41) is 8.23. The van der Waals surface area contributed by atoms with Gasteiger partial charge >= 0.3 is 0 Å². The summed E-state index contributed by atoms with van der Waals surface area (Å²) >= 11 is 1.83. The Kier molecular flexibility index (Phi) is 5.77. The van der Waals surface area contributed by atoms with Crippen LogP contribution in [-0.4, -0.2) is 14.5 Å². The lowest BCUT2D eigenvalue weighted by molar-refractivity contribution is 1.01. The van der Waals surface area contributed by atoms with Crippen molar-refractivity contribution >= 4 is 80.7 Å². The first-order valence-electron chi connectivity index (χ1n) is 15.9. The number of thiophene rings is 1. The van der Waals surface area contributed by atoms with Crippen molar-refractivity contribution in [3.63, 3.8) is 0 Å². The predicted molar refractivity (Wildman–Crippen MR) is 201 cm³/mol. The van der Waals surface area contributed by atoms with Crippen molar-refractivity contribution in [3.8, 4) is 28.3 Å². The largest absolute Gasteiger partial charge is 0.278 e. The maximum absolute atomic E-state index is 7.52. The van der Waals surface area contributed by atoms with Crippen LogP contribution in [0.5, 0.6) is 0 Å². The molecule has 10 aromatic rings. The van der Waals surface area contributed by atoms with E-state index in [2.05, 4.69) is 131 Å². The molecule has 0 N–H and O–H groups in total. The van der Waals surface area contributed by atoms with Crippen LogP contribution < -0.4 is 0 Å². The van der Waals surface area contributed by atoms with Gasteiger partial charge in [0.25, 0.3) is 0 Å². The van der Waals surface area contributed by atoms with Crippen LogP contribution in [0.1, 0.15) is 0 Å². The zero-order chi connectivity index (χ0) is 31.8. The van der Waals surface area contributed by atoms with Crippen molar-refractivity contribution < 1.29 is 0 Å². The van der Waals surface area contributed by atoms with Gasteiger partial charge in [-0.05, 0) is 63.9 Å². The first-order valence-corrected chi connectivity index (χ1v) is 16.7. The van der Waals surface area contributed by atoms with Crippen LogP contribution in [-0.2, 0) is 0 Å². The number of hydrogen-bond donors (Lipinski definition) is 0. The molecule has 0 amide bonds. The Labute approximate surface area is 279 Å². The Morgan fingerprint density at radius 2 is 1.27 bits per heavy atom. The van der Waals surface area contributed by atoms with Crippen molar-refractivity contribution in [2.24, 2.45) is 0 Å². The minimum absolute atomic E-state index is 0.601. The average molecular weight is 629 g/mol. The van der Waals surface area contributed by atoms with Gasteiger partial charge in [-0.3, -0.25) is 4.57 Å². The van der Waals surface area contributed by atoms with Crippen LogP contribution in [0, 0.1) is 6.57 Å². The molecule has 0 spiro atoms. The van der Waals surface area contributed by atoms with E-state index in [0.29, 0.717) is 11.6 Å². The van der Waals surface area contributed by atoms with Gasteiger partial charge in [-0.15, -0.1) is 11.3 Å². The summed E-state index contributed by atoms with van der Waals surface area (Å²) in [6.45, 7) is 7.52. The summed E-state index contributed by atoms with van der Waals surface area (Å²) in [7, 11) is 0. The molecule has 0 atom stereocenters. The molecular formula is C43H24N4S. The summed E-state index contributed by atoms with van der Waals surface area (Å²) in [6, 6.07) is 50.9. The zero-order valence-electron chi connectivity index (χ0n) is 25.6. The quantitative estimate of drug-likeness (QED) is 0.183. The highest BCUT2D eigenvalue weighted by molar-refractivity contribution is 7.26. The number of para-hydroxylation sites is 1. The second-order valence-electron chi connectivity index (χ2n) is 12.1. The molecule has 0 saturated heterocycles. The molecule has 0 aliphatic heterocycles. The minimum atomic E-state index is 0.601. The van der Waals surface area contributed by atoms with Gasteiger partial charge < -0.3 is 0 Å². The summed E-state index contributed by atoms with van der Waals surface area (Å²) in [4.78, 5) is 14.2. The Morgan fingerprint density at radius 1 is 0.542 bits per heavy atom. The summed E-state index contributed by atoms with van der Waals surface area (Å²) in [5.74, 6) is 0.618. The number of nitrogens with zero attached hydrogens (tertiary/aromatic N) is 4. The normalized spacial score (nSPS) is 11.7. The second-order valence-corrected chi connectivity index (χ2v) is 13.2. The Hall–Kier alpha value is -6.35. The summed E-state index contributed by atoms with van der Waals surface area (Å²) < 4.78 is 4.75. The highest BCUT2D eigenvalue weighted by Gasteiger charge is 2.19. The molecule has 0 aliphatic rings. The molecule has 7 aromatic carbocycles. The van der Waals surface area contributed by atoms with E-state index in [1.54, 1.807) is 0 Å². The summed E-state index contributed by atoms with van der Waals surface area (Å²) in [6.07, 6.45) is 0. The maximum Gasteiger partial charge on any atom is 0.235 e. The fraction of sp³-hybridized carbons (Fsp3) is 0. The topological polar surface area (TPSA) is 35.1 Å². The van der Waals surface area contributed by atoms with E-state index in [9.17, 15) is 0 Å². The molecule has 5 heteroatoms. The van der Waals surface area contributed by atoms with Gasteiger partial charge in [-0.25, -0.2) is 14.8 Å². The van der Waals surface area contributed by atoms with Crippen molar-refractivity contribution in [2.45, 2.75) is 0 Å². The van der Waals surface area contributed by atoms with Crippen LogP contribution >= 0.6 is 11.3 Å². The van der Waals surface area contributed by atoms with Gasteiger partial charge in [0.15, 0.2) is 5.69 Å². The Morgan fingerprint density at radius 3 is 2.12 bits per heavy atom. The maximum atomic E-state index is 7.52. The van der Waals surface area contributed by atoms with Gasteiger partial charge in [0.05, 0.1) is 28.8 Å². The first kappa shape index (κ1) is 26.8. The number of aromatic nitrogens is 3. The van der Waals surface area contributed by atoms with E-state index in [-0.39, 0.29) is 0 Å². The molecule has 0 radical (unpaired) electrons. The molecule has 10 rings (SSSR count). The zero-order valence-corrected chi connectivity index (χ0v) is 26.4. The van der Waals surface area contributed by atoms with E-state index in [0.717, 1.165) is 44.1 Å². The highest BCUT2D eigenvalue weighted by Crippen LogP contribution is 2.42. The number of hydrogen-bond acceptors (Lipinski definition) is 3. The third kappa shape index (κ3) is 4.00. The fourth-order valence-electron chi connectivity index (χ4n) is 7.14. The van der Waals surface area contributed by atoms with Crippen LogP contribution in [0.15, 0.2) is 146 Å². The lowest BCUT2D eigenvalue weighted by atomic mass is 9.99. The number of rotatable bonds is 3. The van der Waals surface area contributed by atoms with Crippen LogP contribution in [0.2, 0.25) is 0 Å². The van der Waals surface area contributed by atoms with E-state index in [1.807, 2.05) is 35.6 Å². The monoisotopic (exact) mass is 628 g/mol. The van der Waals surface area contributed by atoms with Gasteiger partial charge in [0.1, 0.15) is 0 Å². The van der Waals surface area contributed by atoms with Crippen molar-refractivity contribution in [1.82, 2.24) is 14.5 Å². The van der Waals surface area contributed by atoms with E-state index in [1.165, 1.54) is 41.9 Å². The Balaban J connectivity index is 1.26. The van der Waals surface area contributed by atoms with Crippen molar-refractivity contribution in [3.05, 3.63) is 157 Å². The van der Waals surface area contributed by atoms with E-state index < -0.39 is 0 Å². The standard InChI is InChI=1S/C43H24N4S/c1-44-30-20-17-26(18-21-30)41-36-24-29(31-13-8-14-34-33-12-5-7-16-40(33)48-42(31)34)19-22-37(36)45-43(46-41)47-38-15-6-4-11-32(38)35-23-27-9-2-3-10-28(27)25-39(35)47/h2-25H. The fourth-order valence-corrected chi connectivity index (χ4v) is 8.38. The molecule has 3 heterocycles. The second kappa shape index (κ2) is 10.3. The summed E-state index contributed by atoms with van der Waals surface area (Å²) in [5.41, 5.74) is 7.69. The lowest BCUT2D eigenvalue weighted by Gasteiger charge is -2.13. The Bertz CT molecular complexity index is 2960. The lowest BCUT2D eigenvalue weighted by Crippen LogP contribution is -2.03. The van der Waals surface area contributed by atoms with Gasteiger partial charge in [0.2, 0.25) is 5.95 Å². The molecular weight excluding hydrogens is 605 g/mol. The highest BCUT2D eigenvalue weighted by atomic mass is 32.1. The minimum Gasteiger partial charge on any atom is -0.278 e. The van der Waals surface area contributed by atoms with Crippen LogP contribution in [0.25, 0.3) is 96.8 Å². The van der Waals surface area contributed by atoms with E-state index in [4.69, 9.17) is 16.5 Å². The van der Waals surface area contributed by atoms with E-state index >= 15 is 0 Å².